The van der Waals surface area contributed by atoms with Crippen LogP contribution in [0.4, 0.5) is 4.79 Å². The fourth-order valence-corrected chi connectivity index (χ4v) is 4.15. The number of aromatic nitrogens is 1. The standard InChI is InChI=1S/C25H25N3O6/c1-2-15(11-22(29)26-12-21-23(24(30)31)27-14-34-21)28-25(32)33-13-20-18-9-5-3-7-16(18)17-8-4-6-10-19(17)20/h3-10,14-15,20H,2,11-13H2,1H3,(H,26,29)(H,28,32)(H,30,31)/t15-/m1/s1. The van der Waals surface area contributed by atoms with Gasteiger partial charge in [-0.15, -0.1) is 0 Å². The summed E-state index contributed by atoms with van der Waals surface area (Å²) in [5, 5.41) is 14.4. The van der Waals surface area contributed by atoms with Gasteiger partial charge >= 0.3 is 12.1 Å². The van der Waals surface area contributed by atoms with Gasteiger partial charge in [0.05, 0.1) is 6.54 Å². The third kappa shape index (κ3) is 4.93. The van der Waals surface area contributed by atoms with Crippen LogP contribution < -0.4 is 10.6 Å². The van der Waals surface area contributed by atoms with E-state index in [-0.39, 0.29) is 42.9 Å². The molecule has 3 aromatic rings. The number of hydrogen-bond donors (Lipinski definition) is 3. The molecule has 0 bridgehead atoms. The average Bonchev–Trinajstić information content (AvgIpc) is 3.44. The Morgan fingerprint density at radius 2 is 1.74 bits per heavy atom. The zero-order valence-corrected chi connectivity index (χ0v) is 18.6. The zero-order valence-electron chi connectivity index (χ0n) is 18.6. The van der Waals surface area contributed by atoms with Crippen LogP contribution in [0.1, 0.15) is 53.1 Å². The van der Waals surface area contributed by atoms with Crippen LogP contribution in [0.25, 0.3) is 11.1 Å². The minimum atomic E-state index is -1.23. The first kappa shape index (κ1) is 23.0. The number of nitrogens with one attached hydrogen (secondary N) is 2. The number of benzene rings is 2. The van der Waals surface area contributed by atoms with Crippen molar-refractivity contribution in [3.05, 3.63) is 77.5 Å². The molecule has 1 aromatic heterocycles. The van der Waals surface area contributed by atoms with Gasteiger partial charge in [0.15, 0.2) is 17.8 Å². The van der Waals surface area contributed by atoms with Gasteiger partial charge in [-0.25, -0.2) is 14.6 Å². The van der Waals surface area contributed by atoms with E-state index in [9.17, 15) is 14.4 Å². The number of amides is 2. The van der Waals surface area contributed by atoms with Crippen LogP contribution in [0.15, 0.2) is 59.3 Å². The predicted octanol–water partition coefficient (Wildman–Crippen LogP) is 3.70. The lowest BCUT2D eigenvalue weighted by Crippen LogP contribution is -2.39. The molecule has 9 nitrogen and oxygen atoms in total. The van der Waals surface area contributed by atoms with Crippen molar-refractivity contribution in [3.8, 4) is 11.1 Å². The lowest BCUT2D eigenvalue weighted by atomic mass is 9.98. The van der Waals surface area contributed by atoms with Crippen LogP contribution in [0.2, 0.25) is 0 Å². The summed E-state index contributed by atoms with van der Waals surface area (Å²) in [5.41, 5.74) is 4.29. The van der Waals surface area contributed by atoms with E-state index in [1.165, 1.54) is 0 Å². The molecule has 0 aliphatic heterocycles. The summed E-state index contributed by atoms with van der Waals surface area (Å²) >= 11 is 0. The summed E-state index contributed by atoms with van der Waals surface area (Å²) in [6.45, 7) is 1.93. The number of fused-ring (bicyclic) bond motifs is 3. The quantitative estimate of drug-likeness (QED) is 0.441. The number of carbonyl (C=O) groups excluding carboxylic acids is 2. The predicted molar refractivity (Wildman–Crippen MR) is 122 cm³/mol. The lowest BCUT2D eigenvalue weighted by molar-refractivity contribution is -0.121. The molecule has 34 heavy (non-hydrogen) atoms. The van der Waals surface area contributed by atoms with Crippen molar-refractivity contribution in [3.63, 3.8) is 0 Å². The first-order valence-corrected chi connectivity index (χ1v) is 11.0. The first-order chi connectivity index (χ1) is 16.5. The number of aromatic carboxylic acids is 1. The second-order valence-electron chi connectivity index (χ2n) is 7.99. The van der Waals surface area contributed by atoms with Crippen LogP contribution in [0.5, 0.6) is 0 Å². The molecule has 1 heterocycles. The molecule has 0 saturated carbocycles. The highest BCUT2D eigenvalue weighted by molar-refractivity contribution is 5.86. The van der Waals surface area contributed by atoms with Crippen molar-refractivity contribution >= 4 is 18.0 Å². The number of ether oxygens (including phenoxy) is 1. The Balaban J connectivity index is 1.29. The highest BCUT2D eigenvalue weighted by Crippen LogP contribution is 2.44. The molecule has 0 saturated heterocycles. The van der Waals surface area contributed by atoms with Crippen molar-refractivity contribution in [1.29, 1.82) is 0 Å². The van der Waals surface area contributed by atoms with E-state index in [1.54, 1.807) is 0 Å². The molecule has 4 rings (SSSR count). The number of carboxylic acid groups (broad SMARTS) is 1. The van der Waals surface area contributed by atoms with Gasteiger partial charge in [-0.3, -0.25) is 4.79 Å². The lowest BCUT2D eigenvalue weighted by Gasteiger charge is -2.18. The van der Waals surface area contributed by atoms with E-state index in [1.807, 2.05) is 43.3 Å². The normalized spacial score (nSPS) is 13.0. The molecule has 0 unspecified atom stereocenters. The van der Waals surface area contributed by atoms with Crippen molar-refractivity contribution in [2.24, 2.45) is 0 Å². The monoisotopic (exact) mass is 463 g/mol. The maximum atomic E-state index is 12.5. The second-order valence-corrected chi connectivity index (χ2v) is 7.99. The van der Waals surface area contributed by atoms with E-state index in [0.717, 1.165) is 28.6 Å². The summed E-state index contributed by atoms with van der Waals surface area (Å²) in [6, 6.07) is 15.7. The number of hydrogen-bond acceptors (Lipinski definition) is 6. The Morgan fingerprint density at radius 1 is 1.09 bits per heavy atom. The molecule has 1 aliphatic rings. The zero-order chi connectivity index (χ0) is 24.1. The van der Waals surface area contributed by atoms with Crippen LogP contribution in [-0.2, 0) is 16.1 Å². The SMILES string of the molecule is CC[C@H](CC(=O)NCc1ocnc1C(=O)O)NC(=O)OCC1c2ccccc2-c2ccccc21. The molecule has 3 N–H and O–H groups in total. The molecular weight excluding hydrogens is 438 g/mol. The Bertz CT molecular complexity index is 1160. The molecule has 2 aromatic carbocycles. The third-order valence-corrected chi connectivity index (χ3v) is 5.88. The second kappa shape index (κ2) is 10.2. The number of alkyl carbamates (subject to hydrolysis) is 1. The van der Waals surface area contributed by atoms with Gasteiger partial charge < -0.3 is 24.9 Å². The molecule has 2 amide bonds. The number of rotatable bonds is 9. The molecular formula is C25H25N3O6. The number of carboxylic acids is 1. The van der Waals surface area contributed by atoms with Gasteiger partial charge in [-0.2, -0.15) is 0 Å². The minimum absolute atomic E-state index is 0.0111. The fraction of sp³-hybridized carbons (Fsp3) is 0.280. The molecule has 0 fully saturated rings. The van der Waals surface area contributed by atoms with Gasteiger partial charge in [0.1, 0.15) is 6.61 Å². The summed E-state index contributed by atoms with van der Waals surface area (Å²) in [6.07, 6.45) is 0.945. The maximum Gasteiger partial charge on any atom is 0.407 e. The van der Waals surface area contributed by atoms with Crippen LogP contribution in [0.3, 0.4) is 0 Å². The van der Waals surface area contributed by atoms with Crippen molar-refractivity contribution < 1.29 is 28.6 Å². The number of nitrogens with zero attached hydrogens (tertiary/aromatic N) is 1. The van der Waals surface area contributed by atoms with Crippen LogP contribution in [-0.4, -0.2) is 40.7 Å². The highest BCUT2D eigenvalue weighted by atomic mass is 16.5. The van der Waals surface area contributed by atoms with Crippen LogP contribution >= 0.6 is 0 Å². The molecule has 0 spiro atoms. The van der Waals surface area contributed by atoms with E-state index < -0.39 is 18.1 Å². The molecule has 1 aliphatic carbocycles. The van der Waals surface area contributed by atoms with Gasteiger partial charge in [0.25, 0.3) is 0 Å². The van der Waals surface area contributed by atoms with Crippen molar-refractivity contribution in [1.82, 2.24) is 15.6 Å². The Kier molecular flexibility index (Phi) is 6.91. The van der Waals surface area contributed by atoms with Crippen molar-refractivity contribution in [2.45, 2.75) is 38.3 Å². The Labute approximate surface area is 196 Å². The summed E-state index contributed by atoms with van der Waals surface area (Å²) in [4.78, 5) is 39.5. The number of carbonyl (C=O) groups is 3. The van der Waals surface area contributed by atoms with Gasteiger partial charge in [0.2, 0.25) is 5.91 Å². The van der Waals surface area contributed by atoms with Crippen LogP contribution in [0, 0.1) is 0 Å². The van der Waals surface area contributed by atoms with Gasteiger partial charge in [-0.1, -0.05) is 55.5 Å². The minimum Gasteiger partial charge on any atom is -0.476 e. The topological polar surface area (TPSA) is 131 Å². The van der Waals surface area contributed by atoms with E-state index in [2.05, 4.69) is 27.8 Å². The number of oxazole rings is 1. The van der Waals surface area contributed by atoms with Gasteiger partial charge in [-0.05, 0) is 28.7 Å². The molecule has 1 atom stereocenters. The summed E-state index contributed by atoms with van der Waals surface area (Å²) < 4.78 is 10.6. The van der Waals surface area contributed by atoms with Crippen molar-refractivity contribution in [2.75, 3.05) is 6.61 Å². The first-order valence-electron chi connectivity index (χ1n) is 11.0. The molecule has 9 heteroatoms. The van der Waals surface area contributed by atoms with Gasteiger partial charge in [0, 0.05) is 18.4 Å². The largest absolute Gasteiger partial charge is 0.476 e. The summed E-state index contributed by atoms with van der Waals surface area (Å²) in [7, 11) is 0. The Morgan fingerprint density at radius 3 is 2.35 bits per heavy atom. The molecule has 176 valence electrons. The smallest absolute Gasteiger partial charge is 0.407 e. The summed E-state index contributed by atoms with van der Waals surface area (Å²) in [5.74, 6) is -1.59. The van der Waals surface area contributed by atoms with E-state index in [4.69, 9.17) is 14.3 Å². The fourth-order valence-electron chi connectivity index (χ4n) is 4.15. The Hall–Kier alpha value is -4.14. The third-order valence-electron chi connectivity index (χ3n) is 5.88. The highest BCUT2D eigenvalue weighted by Gasteiger charge is 2.29. The van der Waals surface area contributed by atoms with E-state index in [0.29, 0.717) is 6.42 Å². The average molecular weight is 463 g/mol. The molecule has 0 radical (unpaired) electrons. The van der Waals surface area contributed by atoms with E-state index >= 15 is 0 Å². The maximum absolute atomic E-state index is 12.5.